The van der Waals surface area contributed by atoms with Gasteiger partial charge in [0.15, 0.2) is 5.78 Å². The van der Waals surface area contributed by atoms with E-state index in [0.29, 0.717) is 12.6 Å². The Balaban J connectivity index is 1.73. The van der Waals surface area contributed by atoms with Crippen LogP contribution in [-0.4, -0.2) is 31.1 Å². The van der Waals surface area contributed by atoms with Crippen LogP contribution in [0.5, 0.6) is 0 Å². The van der Waals surface area contributed by atoms with Crippen molar-refractivity contribution < 1.29 is 4.79 Å². The molecule has 18 heavy (non-hydrogen) atoms. The number of aliphatic imine (C=N–C) groups is 1. The number of benzene rings is 1. The third kappa shape index (κ3) is 2.27. The predicted molar refractivity (Wildman–Crippen MR) is 71.9 cm³/mol. The monoisotopic (exact) mass is 240 g/mol. The highest BCUT2D eigenvalue weighted by Gasteiger charge is 2.25. The van der Waals surface area contributed by atoms with E-state index in [-0.39, 0.29) is 5.78 Å². The Morgan fingerprint density at radius 1 is 1.28 bits per heavy atom. The molecule has 2 aliphatic heterocycles. The minimum Gasteiger partial charge on any atom is -0.309 e. The van der Waals surface area contributed by atoms with E-state index in [2.05, 4.69) is 34.6 Å². The smallest absolute Gasteiger partial charge is 0.180 e. The molecule has 0 aliphatic carbocycles. The van der Waals surface area contributed by atoms with Crippen molar-refractivity contribution in [3.8, 4) is 0 Å². The molecule has 1 aromatic rings. The summed E-state index contributed by atoms with van der Waals surface area (Å²) in [6, 6.07) is 10.8. The summed E-state index contributed by atoms with van der Waals surface area (Å²) in [6.45, 7) is 1.10. The molecule has 1 unspecified atom stereocenters. The summed E-state index contributed by atoms with van der Waals surface area (Å²) in [5.74, 6) is 0.201. The molecule has 3 rings (SSSR count). The maximum Gasteiger partial charge on any atom is 0.180 e. The number of carbonyl (C=O) groups excluding carboxylic acids is 1. The molecule has 0 aromatic heterocycles. The summed E-state index contributed by atoms with van der Waals surface area (Å²) in [5.41, 5.74) is 3.39. The van der Waals surface area contributed by atoms with Gasteiger partial charge in [-0.2, -0.15) is 0 Å². The molecule has 0 bridgehead atoms. The lowest BCUT2D eigenvalue weighted by Gasteiger charge is -2.28. The van der Waals surface area contributed by atoms with Crippen LogP contribution in [0.2, 0.25) is 0 Å². The predicted octanol–water partition coefficient (Wildman–Crippen LogP) is 1.54. The van der Waals surface area contributed by atoms with Gasteiger partial charge in [0.05, 0.1) is 0 Å². The van der Waals surface area contributed by atoms with Gasteiger partial charge in [-0.1, -0.05) is 30.3 Å². The van der Waals surface area contributed by atoms with Crippen LogP contribution in [-0.2, 0) is 11.2 Å². The number of hydrogen-bond donors (Lipinski definition) is 1. The zero-order valence-electron chi connectivity index (χ0n) is 10.2. The Hall–Kier alpha value is -1.74. The summed E-state index contributed by atoms with van der Waals surface area (Å²) >= 11 is 0. The van der Waals surface area contributed by atoms with Crippen molar-refractivity contribution in [2.75, 3.05) is 13.1 Å². The third-order valence-electron chi connectivity index (χ3n) is 3.56. The summed E-state index contributed by atoms with van der Waals surface area (Å²) in [5, 5.41) is 3.49. The van der Waals surface area contributed by atoms with Crippen molar-refractivity contribution >= 4 is 12.0 Å². The Bertz CT molecular complexity index is 517. The lowest BCUT2D eigenvalue weighted by atomic mass is 9.89. The Morgan fingerprint density at radius 2 is 2.11 bits per heavy atom. The van der Waals surface area contributed by atoms with E-state index in [4.69, 9.17) is 0 Å². The van der Waals surface area contributed by atoms with Crippen molar-refractivity contribution in [3.05, 3.63) is 47.0 Å². The topological polar surface area (TPSA) is 41.5 Å². The van der Waals surface area contributed by atoms with E-state index in [1.54, 1.807) is 0 Å². The molecule has 0 fully saturated rings. The number of ketones is 1. The normalized spacial score (nSPS) is 23.1. The van der Waals surface area contributed by atoms with E-state index in [1.165, 1.54) is 5.56 Å². The highest BCUT2D eigenvalue weighted by atomic mass is 16.1. The Kier molecular flexibility index (Phi) is 3.07. The average molecular weight is 240 g/mol. The molecule has 3 heteroatoms. The van der Waals surface area contributed by atoms with Gasteiger partial charge >= 0.3 is 0 Å². The van der Waals surface area contributed by atoms with Gasteiger partial charge in [-0.3, -0.25) is 9.79 Å². The van der Waals surface area contributed by atoms with Crippen LogP contribution in [0.3, 0.4) is 0 Å². The molecule has 1 N–H and O–H groups in total. The molecule has 0 amide bonds. The largest absolute Gasteiger partial charge is 0.309 e. The number of nitrogens with one attached hydrogen (secondary N) is 1. The molecule has 0 saturated heterocycles. The average Bonchev–Trinajstić information content (AvgIpc) is 2.41. The Morgan fingerprint density at radius 3 is 2.94 bits per heavy atom. The Labute approximate surface area is 107 Å². The SMILES string of the molecule is O=C1CN=CC2=C1CC(Cc1ccccc1)NC2. The van der Waals surface area contributed by atoms with Crippen molar-refractivity contribution in [3.63, 3.8) is 0 Å². The number of carbonyl (C=O) groups is 1. The van der Waals surface area contributed by atoms with Crippen LogP contribution in [0.25, 0.3) is 0 Å². The first kappa shape index (κ1) is 11.4. The fourth-order valence-corrected chi connectivity index (χ4v) is 2.60. The molecule has 2 heterocycles. The van der Waals surface area contributed by atoms with Gasteiger partial charge in [0.1, 0.15) is 6.54 Å². The van der Waals surface area contributed by atoms with Gasteiger partial charge in [0.25, 0.3) is 0 Å². The van der Waals surface area contributed by atoms with Gasteiger partial charge in [0.2, 0.25) is 0 Å². The summed E-state index contributed by atoms with van der Waals surface area (Å²) < 4.78 is 0. The zero-order chi connectivity index (χ0) is 12.4. The van der Waals surface area contributed by atoms with Crippen LogP contribution in [0.4, 0.5) is 0 Å². The van der Waals surface area contributed by atoms with Gasteiger partial charge in [0, 0.05) is 24.4 Å². The van der Waals surface area contributed by atoms with Gasteiger partial charge in [-0.05, 0) is 24.0 Å². The fraction of sp³-hybridized carbons (Fsp3) is 0.333. The van der Waals surface area contributed by atoms with Crippen molar-refractivity contribution in [2.24, 2.45) is 4.99 Å². The number of dihydropyridines is 1. The minimum absolute atomic E-state index is 0.201. The molecule has 1 aromatic carbocycles. The first-order valence-electron chi connectivity index (χ1n) is 6.35. The first-order chi connectivity index (χ1) is 8.83. The highest BCUT2D eigenvalue weighted by molar-refractivity contribution is 6.06. The van der Waals surface area contributed by atoms with Crippen LogP contribution >= 0.6 is 0 Å². The third-order valence-corrected chi connectivity index (χ3v) is 3.56. The highest BCUT2D eigenvalue weighted by Crippen LogP contribution is 2.21. The van der Waals surface area contributed by atoms with Crippen molar-refractivity contribution in [1.29, 1.82) is 0 Å². The van der Waals surface area contributed by atoms with Crippen LogP contribution in [0.1, 0.15) is 12.0 Å². The van der Waals surface area contributed by atoms with E-state index < -0.39 is 0 Å². The fourth-order valence-electron chi connectivity index (χ4n) is 2.60. The lowest BCUT2D eigenvalue weighted by molar-refractivity contribution is -0.114. The van der Waals surface area contributed by atoms with E-state index >= 15 is 0 Å². The molecule has 2 aliphatic rings. The second kappa shape index (κ2) is 4.86. The summed E-state index contributed by atoms with van der Waals surface area (Å²) in [7, 11) is 0. The van der Waals surface area contributed by atoms with Crippen molar-refractivity contribution in [1.82, 2.24) is 5.32 Å². The molecule has 0 saturated carbocycles. The molecule has 1 atom stereocenters. The second-order valence-corrected chi connectivity index (χ2v) is 4.87. The maximum absolute atomic E-state index is 11.8. The van der Waals surface area contributed by atoms with Crippen LogP contribution in [0, 0.1) is 0 Å². The standard InChI is InChI=1S/C15H16N2O/c18-15-10-16-8-12-9-17-13(7-14(12)15)6-11-4-2-1-3-5-11/h1-5,8,13,17H,6-7,9-10H2. The van der Waals surface area contributed by atoms with Crippen LogP contribution in [0.15, 0.2) is 46.5 Å². The van der Waals surface area contributed by atoms with Crippen LogP contribution < -0.4 is 5.32 Å². The number of rotatable bonds is 2. The zero-order valence-corrected chi connectivity index (χ0v) is 10.2. The number of hydrogen-bond acceptors (Lipinski definition) is 3. The van der Waals surface area contributed by atoms with E-state index in [1.807, 2.05) is 12.3 Å². The summed E-state index contributed by atoms with van der Waals surface area (Å²) in [4.78, 5) is 15.9. The number of Topliss-reactive ketones (excluding diaryl/α,β-unsaturated/α-hetero) is 1. The van der Waals surface area contributed by atoms with E-state index in [0.717, 1.165) is 30.5 Å². The number of nitrogens with zero attached hydrogens (tertiary/aromatic N) is 1. The molecule has 0 radical (unpaired) electrons. The molecule has 92 valence electrons. The first-order valence-corrected chi connectivity index (χ1v) is 6.35. The van der Waals surface area contributed by atoms with Gasteiger partial charge in [-0.15, -0.1) is 0 Å². The quantitative estimate of drug-likeness (QED) is 0.852. The van der Waals surface area contributed by atoms with E-state index in [9.17, 15) is 4.79 Å². The minimum atomic E-state index is 0.201. The second-order valence-electron chi connectivity index (χ2n) is 4.87. The van der Waals surface area contributed by atoms with Gasteiger partial charge in [-0.25, -0.2) is 0 Å². The summed E-state index contributed by atoms with van der Waals surface area (Å²) in [6.07, 6.45) is 3.65. The molecular formula is C15H16N2O. The lowest BCUT2D eigenvalue weighted by Crippen LogP contribution is -2.40. The van der Waals surface area contributed by atoms with Crippen molar-refractivity contribution in [2.45, 2.75) is 18.9 Å². The van der Waals surface area contributed by atoms with Gasteiger partial charge < -0.3 is 5.32 Å². The molecule has 0 spiro atoms. The maximum atomic E-state index is 11.8. The molecule has 3 nitrogen and oxygen atoms in total. The molecular weight excluding hydrogens is 224 g/mol.